The van der Waals surface area contributed by atoms with E-state index in [4.69, 9.17) is 11.6 Å². The van der Waals surface area contributed by atoms with Crippen molar-refractivity contribution >= 4 is 39.0 Å². The van der Waals surface area contributed by atoms with Crippen LogP contribution in [0.25, 0.3) is 20.7 Å². The quantitative estimate of drug-likeness (QED) is 0.584. The first-order valence-electron chi connectivity index (χ1n) is 8.50. The maximum atomic E-state index is 6.18. The standard InChI is InChI=1S/C19H20ClN3S/c1-12-7-5-6-10-15(12)21-17-14-11-16(13-8-3-2-4-9-13)24-18(14)23-19(20)22-17/h2-4,8-9,11-12,15H,5-7,10H2,1H3,(H,21,22,23). The van der Waals surface area contributed by atoms with E-state index in [0.717, 1.165) is 16.0 Å². The van der Waals surface area contributed by atoms with Gasteiger partial charge in [0.1, 0.15) is 10.6 Å². The number of thiophene rings is 1. The van der Waals surface area contributed by atoms with Crippen LogP contribution in [0.15, 0.2) is 36.4 Å². The third-order valence-corrected chi connectivity index (χ3v) is 6.10. The fourth-order valence-electron chi connectivity index (χ4n) is 3.46. The fraction of sp³-hybridized carbons (Fsp3) is 0.368. The predicted octanol–water partition coefficient (Wildman–Crippen LogP) is 6.00. The Labute approximate surface area is 151 Å². The molecule has 0 amide bonds. The lowest BCUT2D eigenvalue weighted by Gasteiger charge is -2.30. The van der Waals surface area contributed by atoms with Gasteiger partial charge < -0.3 is 5.32 Å². The van der Waals surface area contributed by atoms with Gasteiger partial charge in [-0.3, -0.25) is 0 Å². The Balaban J connectivity index is 1.73. The van der Waals surface area contributed by atoms with Gasteiger partial charge in [0.2, 0.25) is 5.28 Å². The van der Waals surface area contributed by atoms with Crippen LogP contribution >= 0.6 is 22.9 Å². The smallest absolute Gasteiger partial charge is 0.225 e. The zero-order chi connectivity index (χ0) is 16.5. The van der Waals surface area contributed by atoms with Crippen LogP contribution in [-0.4, -0.2) is 16.0 Å². The maximum absolute atomic E-state index is 6.18. The van der Waals surface area contributed by atoms with Crippen molar-refractivity contribution in [1.82, 2.24) is 9.97 Å². The van der Waals surface area contributed by atoms with Crippen molar-refractivity contribution in [3.63, 3.8) is 0 Å². The molecule has 1 aromatic carbocycles. The van der Waals surface area contributed by atoms with E-state index in [2.05, 4.69) is 52.5 Å². The van der Waals surface area contributed by atoms with E-state index in [9.17, 15) is 0 Å². The van der Waals surface area contributed by atoms with Gasteiger partial charge in [-0.25, -0.2) is 9.97 Å². The summed E-state index contributed by atoms with van der Waals surface area (Å²) in [5.74, 6) is 1.54. The van der Waals surface area contributed by atoms with Gasteiger partial charge in [0.15, 0.2) is 0 Å². The van der Waals surface area contributed by atoms with Gasteiger partial charge in [0, 0.05) is 10.9 Å². The van der Waals surface area contributed by atoms with Crippen molar-refractivity contribution in [2.24, 2.45) is 5.92 Å². The monoisotopic (exact) mass is 357 g/mol. The maximum Gasteiger partial charge on any atom is 0.225 e. The van der Waals surface area contributed by atoms with Crippen LogP contribution in [0, 0.1) is 5.92 Å². The van der Waals surface area contributed by atoms with E-state index < -0.39 is 0 Å². The van der Waals surface area contributed by atoms with Crippen LogP contribution in [0.3, 0.4) is 0 Å². The number of fused-ring (bicyclic) bond motifs is 1. The lowest BCUT2D eigenvalue weighted by atomic mass is 9.86. The number of benzene rings is 1. The number of hydrogen-bond donors (Lipinski definition) is 1. The molecule has 0 bridgehead atoms. The summed E-state index contributed by atoms with van der Waals surface area (Å²) in [6, 6.07) is 13.0. The molecule has 0 saturated heterocycles. The minimum atomic E-state index is 0.315. The molecule has 5 heteroatoms. The average molecular weight is 358 g/mol. The second kappa shape index (κ2) is 6.69. The van der Waals surface area contributed by atoms with Gasteiger partial charge in [-0.1, -0.05) is 50.1 Å². The van der Waals surface area contributed by atoms with Crippen molar-refractivity contribution in [2.75, 3.05) is 5.32 Å². The number of aromatic nitrogens is 2. The largest absolute Gasteiger partial charge is 0.366 e. The highest BCUT2D eigenvalue weighted by atomic mass is 35.5. The summed E-state index contributed by atoms with van der Waals surface area (Å²) in [6.45, 7) is 2.32. The number of hydrogen-bond acceptors (Lipinski definition) is 4. The first kappa shape index (κ1) is 15.9. The molecule has 3 aromatic rings. The molecule has 0 aliphatic heterocycles. The highest BCUT2D eigenvalue weighted by Crippen LogP contribution is 2.37. The molecule has 1 fully saturated rings. The lowest BCUT2D eigenvalue weighted by molar-refractivity contribution is 0.349. The van der Waals surface area contributed by atoms with Crippen LogP contribution in [-0.2, 0) is 0 Å². The fourth-order valence-corrected chi connectivity index (χ4v) is 4.71. The SMILES string of the molecule is CC1CCCCC1Nc1nc(Cl)nc2sc(-c3ccccc3)cc12. The van der Waals surface area contributed by atoms with Gasteiger partial charge in [0.25, 0.3) is 0 Å². The number of rotatable bonds is 3. The highest BCUT2D eigenvalue weighted by molar-refractivity contribution is 7.22. The van der Waals surface area contributed by atoms with Crippen LogP contribution in [0.4, 0.5) is 5.82 Å². The number of nitrogens with one attached hydrogen (secondary N) is 1. The number of nitrogens with zero attached hydrogens (tertiary/aromatic N) is 2. The molecule has 4 rings (SSSR count). The minimum absolute atomic E-state index is 0.315. The normalized spacial score (nSPS) is 21.1. The number of anilines is 1. The van der Waals surface area contributed by atoms with Gasteiger partial charge in [0.05, 0.1) is 5.39 Å². The van der Waals surface area contributed by atoms with Gasteiger partial charge >= 0.3 is 0 Å². The lowest BCUT2D eigenvalue weighted by Crippen LogP contribution is -2.30. The summed E-state index contributed by atoms with van der Waals surface area (Å²) < 4.78 is 0. The second-order valence-electron chi connectivity index (χ2n) is 6.55. The van der Waals surface area contributed by atoms with Crippen molar-refractivity contribution in [3.05, 3.63) is 41.7 Å². The molecule has 1 aliphatic carbocycles. The molecule has 1 saturated carbocycles. The van der Waals surface area contributed by atoms with E-state index in [1.807, 2.05) is 6.07 Å². The van der Waals surface area contributed by atoms with Crippen molar-refractivity contribution in [3.8, 4) is 10.4 Å². The zero-order valence-electron chi connectivity index (χ0n) is 13.6. The van der Waals surface area contributed by atoms with Gasteiger partial charge in [-0.05, 0) is 42.0 Å². The minimum Gasteiger partial charge on any atom is -0.366 e. The van der Waals surface area contributed by atoms with Crippen molar-refractivity contribution in [2.45, 2.75) is 38.6 Å². The van der Waals surface area contributed by atoms with E-state index in [1.165, 1.54) is 36.1 Å². The second-order valence-corrected chi connectivity index (χ2v) is 7.92. The topological polar surface area (TPSA) is 37.8 Å². The first-order valence-corrected chi connectivity index (χ1v) is 9.69. The predicted molar refractivity (Wildman–Crippen MR) is 103 cm³/mol. The molecule has 0 spiro atoms. The Morgan fingerprint density at radius 1 is 1.12 bits per heavy atom. The van der Waals surface area contributed by atoms with E-state index >= 15 is 0 Å². The van der Waals surface area contributed by atoms with Crippen LogP contribution in [0.2, 0.25) is 5.28 Å². The molecule has 2 atom stereocenters. The third kappa shape index (κ3) is 3.13. The van der Waals surface area contributed by atoms with E-state index in [1.54, 1.807) is 11.3 Å². The van der Waals surface area contributed by atoms with Crippen molar-refractivity contribution in [1.29, 1.82) is 0 Å². The molecular formula is C19H20ClN3S. The molecule has 2 heterocycles. The summed E-state index contributed by atoms with van der Waals surface area (Å²) in [4.78, 5) is 11.1. The molecule has 124 valence electrons. The summed E-state index contributed by atoms with van der Waals surface area (Å²) in [5.41, 5.74) is 1.20. The Morgan fingerprint density at radius 2 is 1.92 bits per heavy atom. The summed E-state index contributed by atoms with van der Waals surface area (Å²) in [5, 5.41) is 5.04. The van der Waals surface area contributed by atoms with E-state index in [0.29, 0.717) is 17.2 Å². The Kier molecular flexibility index (Phi) is 4.42. The van der Waals surface area contributed by atoms with Crippen LogP contribution < -0.4 is 5.32 Å². The van der Waals surface area contributed by atoms with Crippen molar-refractivity contribution < 1.29 is 0 Å². The van der Waals surface area contributed by atoms with Gasteiger partial charge in [-0.2, -0.15) is 0 Å². The summed E-state index contributed by atoms with van der Waals surface area (Å²) in [7, 11) is 0. The number of halogens is 1. The van der Waals surface area contributed by atoms with Crippen LogP contribution in [0.5, 0.6) is 0 Å². The first-order chi connectivity index (χ1) is 11.7. The summed E-state index contributed by atoms with van der Waals surface area (Å²) >= 11 is 7.84. The molecule has 0 radical (unpaired) electrons. The zero-order valence-corrected chi connectivity index (χ0v) is 15.2. The van der Waals surface area contributed by atoms with Crippen LogP contribution in [0.1, 0.15) is 32.6 Å². The Morgan fingerprint density at radius 3 is 2.71 bits per heavy atom. The third-order valence-electron chi connectivity index (χ3n) is 4.86. The van der Waals surface area contributed by atoms with E-state index in [-0.39, 0.29) is 0 Å². The summed E-state index contributed by atoms with van der Waals surface area (Å²) in [6.07, 6.45) is 5.08. The molecule has 1 aliphatic rings. The molecule has 2 unspecified atom stereocenters. The molecule has 3 nitrogen and oxygen atoms in total. The van der Waals surface area contributed by atoms with Gasteiger partial charge in [-0.15, -0.1) is 11.3 Å². The molecular weight excluding hydrogens is 338 g/mol. The molecule has 1 N–H and O–H groups in total. The molecule has 24 heavy (non-hydrogen) atoms. The molecule has 2 aromatic heterocycles. The average Bonchev–Trinajstić information content (AvgIpc) is 3.02. The highest BCUT2D eigenvalue weighted by Gasteiger charge is 2.23. The Hall–Kier alpha value is -1.65. The Bertz CT molecular complexity index is 846.